The maximum Gasteiger partial charge on any atom is 0.291 e. The number of nitrogens with one attached hydrogen (secondary N) is 1. The predicted molar refractivity (Wildman–Crippen MR) is 111 cm³/mol. The normalized spacial score (nSPS) is 30.5. The molecule has 5 rings (SSSR count). The molecule has 154 valence electrons. The van der Waals surface area contributed by atoms with Crippen molar-refractivity contribution in [2.45, 2.75) is 38.4 Å². The zero-order chi connectivity index (χ0) is 21.0. The van der Waals surface area contributed by atoms with E-state index in [0.717, 1.165) is 23.2 Å². The van der Waals surface area contributed by atoms with Gasteiger partial charge in [0.1, 0.15) is 17.9 Å². The van der Waals surface area contributed by atoms with Crippen LogP contribution in [-0.2, 0) is 26.5 Å². The van der Waals surface area contributed by atoms with E-state index >= 15 is 0 Å². The Kier molecular flexibility index (Phi) is 4.29. The molecule has 0 bridgehead atoms. The van der Waals surface area contributed by atoms with Crippen LogP contribution in [0.25, 0.3) is 0 Å². The number of hydrogen-bond acceptors (Lipinski definition) is 3. The molecule has 2 aromatic rings. The summed E-state index contributed by atoms with van der Waals surface area (Å²) in [6, 6.07) is 17.0. The first-order valence-electron chi connectivity index (χ1n) is 10.6. The van der Waals surface area contributed by atoms with Crippen LogP contribution in [0.3, 0.4) is 0 Å². The van der Waals surface area contributed by atoms with Crippen LogP contribution in [0.5, 0.6) is 0 Å². The van der Waals surface area contributed by atoms with Crippen LogP contribution in [-0.4, -0.2) is 28.7 Å². The SMILES string of the molecule is CC[C@H](C)[C@@H]1[NH2+][C@]2(C(=O)Nc3ccccc32)[C@@H]2C(=O)N(Cc3ccccc3)C(=O)[C@H]12. The molecule has 30 heavy (non-hydrogen) atoms. The van der Waals surface area contributed by atoms with Gasteiger partial charge in [0.2, 0.25) is 17.4 Å². The number of fused-ring (bicyclic) bond motifs is 4. The molecule has 0 aromatic heterocycles. The standard InChI is InChI=1S/C24H25N3O3/c1-3-14(2)20-18-19(22(29)27(21(18)28)13-15-9-5-4-6-10-15)24(26-20)16-11-7-8-12-17(16)25-23(24)30/h4-12,14,18-20,26H,3,13H2,1-2H3,(H,25,30)/p+1/t14-,18-,19-,20-,24-/m0/s1. The van der Waals surface area contributed by atoms with E-state index in [0.29, 0.717) is 0 Å². The van der Waals surface area contributed by atoms with Gasteiger partial charge in [-0.05, 0) is 18.1 Å². The number of carbonyl (C=O) groups excluding carboxylic acids is 3. The second-order valence-corrected chi connectivity index (χ2v) is 8.75. The summed E-state index contributed by atoms with van der Waals surface area (Å²) in [5.41, 5.74) is 1.39. The highest BCUT2D eigenvalue weighted by Gasteiger charge is 2.74. The fourth-order valence-electron chi connectivity index (χ4n) is 5.62. The fraction of sp³-hybridized carbons (Fsp3) is 0.375. The van der Waals surface area contributed by atoms with Gasteiger partial charge >= 0.3 is 0 Å². The molecule has 0 radical (unpaired) electrons. The lowest BCUT2D eigenvalue weighted by Crippen LogP contribution is -2.99. The van der Waals surface area contributed by atoms with Crippen LogP contribution in [0.15, 0.2) is 54.6 Å². The van der Waals surface area contributed by atoms with Crippen LogP contribution < -0.4 is 10.6 Å². The highest BCUT2D eigenvalue weighted by atomic mass is 16.2. The summed E-state index contributed by atoms with van der Waals surface area (Å²) in [5, 5.41) is 4.99. The van der Waals surface area contributed by atoms with E-state index in [1.165, 1.54) is 4.90 Å². The summed E-state index contributed by atoms with van der Waals surface area (Å²) in [6.07, 6.45) is 0.879. The Bertz CT molecular complexity index is 1040. The Hall–Kier alpha value is -2.99. The zero-order valence-corrected chi connectivity index (χ0v) is 17.2. The minimum atomic E-state index is -1.08. The van der Waals surface area contributed by atoms with Crippen LogP contribution in [0.2, 0.25) is 0 Å². The third kappa shape index (κ3) is 2.43. The molecule has 0 unspecified atom stereocenters. The number of hydrogen-bond donors (Lipinski definition) is 2. The molecule has 3 heterocycles. The maximum atomic E-state index is 13.7. The summed E-state index contributed by atoms with van der Waals surface area (Å²) < 4.78 is 0. The number of para-hydroxylation sites is 1. The van der Waals surface area contributed by atoms with Crippen LogP contribution in [0.1, 0.15) is 31.4 Å². The molecule has 1 spiro atoms. The Labute approximate surface area is 175 Å². The molecular weight excluding hydrogens is 378 g/mol. The van der Waals surface area contributed by atoms with E-state index in [4.69, 9.17) is 0 Å². The van der Waals surface area contributed by atoms with E-state index in [1.807, 2.05) is 59.9 Å². The quantitative estimate of drug-likeness (QED) is 0.760. The second-order valence-electron chi connectivity index (χ2n) is 8.75. The lowest BCUT2D eigenvalue weighted by Gasteiger charge is -2.27. The van der Waals surface area contributed by atoms with E-state index in [2.05, 4.69) is 19.2 Å². The Morgan fingerprint density at radius 2 is 1.73 bits per heavy atom. The number of amides is 3. The van der Waals surface area contributed by atoms with E-state index in [1.54, 1.807) is 0 Å². The first-order valence-corrected chi connectivity index (χ1v) is 10.6. The summed E-state index contributed by atoms with van der Waals surface area (Å²) in [5.74, 6) is -1.55. The number of benzene rings is 2. The zero-order valence-electron chi connectivity index (χ0n) is 17.2. The van der Waals surface area contributed by atoms with Gasteiger partial charge in [-0.3, -0.25) is 19.3 Å². The first kappa shape index (κ1) is 19.0. The number of imide groups is 1. The average Bonchev–Trinajstić information content (AvgIpc) is 3.35. The largest absolute Gasteiger partial charge is 0.326 e. The van der Waals surface area contributed by atoms with Gasteiger partial charge in [0.15, 0.2) is 0 Å². The average molecular weight is 404 g/mol. The third-order valence-corrected chi connectivity index (χ3v) is 7.28. The molecule has 2 fully saturated rings. The Balaban J connectivity index is 1.62. The van der Waals surface area contributed by atoms with Crippen molar-refractivity contribution in [2.24, 2.45) is 17.8 Å². The number of nitrogens with two attached hydrogens (primary N) is 1. The lowest BCUT2D eigenvalue weighted by molar-refractivity contribution is -0.738. The number of rotatable bonds is 4. The summed E-state index contributed by atoms with van der Waals surface area (Å²) >= 11 is 0. The summed E-state index contributed by atoms with van der Waals surface area (Å²) in [7, 11) is 0. The molecule has 3 N–H and O–H groups in total. The molecule has 6 heteroatoms. The minimum absolute atomic E-state index is 0.117. The summed E-state index contributed by atoms with van der Waals surface area (Å²) in [4.78, 5) is 41.9. The van der Waals surface area contributed by atoms with Gasteiger partial charge in [0.25, 0.3) is 5.91 Å². The van der Waals surface area contributed by atoms with Crippen molar-refractivity contribution in [1.29, 1.82) is 0 Å². The van der Waals surface area contributed by atoms with Gasteiger partial charge in [0, 0.05) is 11.5 Å². The molecule has 3 aliphatic heterocycles. The summed E-state index contributed by atoms with van der Waals surface area (Å²) in [6.45, 7) is 4.44. The van der Waals surface area contributed by atoms with E-state index in [9.17, 15) is 14.4 Å². The highest BCUT2D eigenvalue weighted by molar-refractivity contribution is 6.13. The van der Waals surface area contributed by atoms with Gasteiger partial charge < -0.3 is 10.6 Å². The number of likely N-dealkylation sites (tertiary alicyclic amines) is 1. The van der Waals surface area contributed by atoms with Crippen molar-refractivity contribution in [3.63, 3.8) is 0 Å². The van der Waals surface area contributed by atoms with Crippen LogP contribution in [0, 0.1) is 17.8 Å². The Morgan fingerprint density at radius 1 is 1.03 bits per heavy atom. The molecular formula is C24H26N3O3+. The number of nitrogens with zero attached hydrogens (tertiary/aromatic N) is 1. The van der Waals surface area contributed by atoms with Gasteiger partial charge in [0.05, 0.1) is 12.2 Å². The second kappa shape index (κ2) is 6.77. The number of carbonyl (C=O) groups is 3. The van der Waals surface area contributed by atoms with Crippen molar-refractivity contribution in [2.75, 3.05) is 5.32 Å². The Morgan fingerprint density at radius 3 is 2.47 bits per heavy atom. The fourth-order valence-corrected chi connectivity index (χ4v) is 5.62. The van der Waals surface area contributed by atoms with Gasteiger partial charge in [-0.1, -0.05) is 62.4 Å². The van der Waals surface area contributed by atoms with Gasteiger partial charge in [-0.2, -0.15) is 0 Å². The molecule has 6 nitrogen and oxygen atoms in total. The number of quaternary nitrogens is 1. The van der Waals surface area contributed by atoms with Crippen molar-refractivity contribution in [3.8, 4) is 0 Å². The maximum absolute atomic E-state index is 13.7. The number of anilines is 1. The lowest BCUT2D eigenvalue weighted by atomic mass is 9.75. The van der Waals surface area contributed by atoms with Gasteiger partial charge in [-0.25, -0.2) is 0 Å². The van der Waals surface area contributed by atoms with Crippen molar-refractivity contribution in [1.82, 2.24) is 4.90 Å². The van der Waals surface area contributed by atoms with Crippen LogP contribution in [0.4, 0.5) is 5.69 Å². The van der Waals surface area contributed by atoms with Gasteiger partial charge in [-0.15, -0.1) is 0 Å². The first-order chi connectivity index (χ1) is 14.5. The van der Waals surface area contributed by atoms with Crippen molar-refractivity contribution >= 4 is 23.4 Å². The third-order valence-electron chi connectivity index (χ3n) is 7.28. The molecule has 5 atom stereocenters. The minimum Gasteiger partial charge on any atom is -0.326 e. The smallest absolute Gasteiger partial charge is 0.291 e. The van der Waals surface area contributed by atoms with E-state index in [-0.39, 0.29) is 36.2 Å². The molecule has 2 saturated heterocycles. The topological polar surface area (TPSA) is 83.1 Å². The molecule has 0 saturated carbocycles. The van der Waals surface area contributed by atoms with Crippen molar-refractivity contribution < 1.29 is 19.7 Å². The van der Waals surface area contributed by atoms with Crippen molar-refractivity contribution in [3.05, 3.63) is 65.7 Å². The van der Waals surface area contributed by atoms with E-state index < -0.39 is 17.4 Å². The predicted octanol–water partition coefficient (Wildman–Crippen LogP) is 1.63. The molecule has 3 amide bonds. The van der Waals surface area contributed by atoms with Crippen LogP contribution >= 0.6 is 0 Å². The molecule has 2 aromatic carbocycles. The molecule has 0 aliphatic carbocycles. The monoisotopic (exact) mass is 404 g/mol. The highest BCUT2D eigenvalue weighted by Crippen LogP contribution is 2.50. The molecule has 3 aliphatic rings.